The van der Waals surface area contributed by atoms with Crippen molar-refractivity contribution in [1.82, 2.24) is 10.3 Å². The molecule has 0 aliphatic carbocycles. The highest BCUT2D eigenvalue weighted by molar-refractivity contribution is 7.17. The number of benzene rings is 1. The Labute approximate surface area is 125 Å². The zero-order chi connectivity index (χ0) is 14.8. The summed E-state index contributed by atoms with van der Waals surface area (Å²) >= 11 is 1.34. The highest BCUT2D eigenvalue weighted by Crippen LogP contribution is 2.34. The normalized spacial score (nSPS) is 10.8. The number of hydrogen-bond acceptors (Lipinski definition) is 3. The van der Waals surface area contributed by atoms with Crippen molar-refractivity contribution in [3.63, 3.8) is 0 Å². The number of carbonyl (C=O) groups is 1. The minimum Gasteiger partial charge on any atom is -0.351 e. The summed E-state index contributed by atoms with van der Waals surface area (Å²) in [7, 11) is 0. The Morgan fingerprint density at radius 2 is 2.10 bits per heavy atom. The summed E-state index contributed by atoms with van der Waals surface area (Å²) in [5, 5.41) is 5.41. The molecule has 2 aromatic heterocycles. The smallest absolute Gasteiger partial charge is 0.269 e. The molecule has 0 bridgehead atoms. The first-order valence-electron chi connectivity index (χ1n) is 6.62. The number of fused-ring (bicyclic) bond motifs is 1. The maximum atomic E-state index is 13.7. The lowest BCUT2D eigenvalue weighted by Crippen LogP contribution is -2.23. The molecule has 1 N–H and O–H groups in total. The predicted octanol–water partition coefficient (Wildman–Crippen LogP) is 3.85. The van der Waals surface area contributed by atoms with E-state index in [-0.39, 0.29) is 11.7 Å². The van der Waals surface area contributed by atoms with E-state index in [0.29, 0.717) is 22.6 Å². The van der Waals surface area contributed by atoms with Gasteiger partial charge in [-0.2, -0.15) is 0 Å². The van der Waals surface area contributed by atoms with Crippen LogP contribution in [0.2, 0.25) is 0 Å². The Balaban J connectivity index is 2.09. The Kier molecular flexibility index (Phi) is 3.66. The fraction of sp³-hybridized carbons (Fsp3) is 0.125. The molecule has 0 unspecified atom stereocenters. The second-order valence-electron chi connectivity index (χ2n) is 4.53. The maximum Gasteiger partial charge on any atom is 0.269 e. The lowest BCUT2D eigenvalue weighted by atomic mass is 10.1. The van der Waals surface area contributed by atoms with Gasteiger partial charge in [-0.25, -0.2) is 9.37 Å². The van der Waals surface area contributed by atoms with Gasteiger partial charge in [0.15, 0.2) is 0 Å². The number of hydrogen-bond donors (Lipinski definition) is 1. The number of thiophene rings is 1. The first-order valence-corrected chi connectivity index (χ1v) is 7.50. The number of nitrogens with one attached hydrogen (secondary N) is 1. The zero-order valence-corrected chi connectivity index (χ0v) is 12.2. The van der Waals surface area contributed by atoms with Gasteiger partial charge in [-0.05, 0) is 25.1 Å². The van der Waals surface area contributed by atoms with Crippen molar-refractivity contribution in [1.29, 1.82) is 0 Å². The van der Waals surface area contributed by atoms with Crippen LogP contribution in [0.1, 0.15) is 17.4 Å². The topological polar surface area (TPSA) is 42.0 Å². The van der Waals surface area contributed by atoms with E-state index in [1.54, 1.807) is 18.2 Å². The van der Waals surface area contributed by atoms with Crippen LogP contribution >= 0.6 is 11.3 Å². The molecule has 0 saturated heterocycles. The summed E-state index contributed by atoms with van der Waals surface area (Å²) in [6.07, 6.45) is 0. The summed E-state index contributed by atoms with van der Waals surface area (Å²) < 4.78 is 14.4. The molecule has 1 aromatic carbocycles. The summed E-state index contributed by atoms with van der Waals surface area (Å²) in [6, 6.07) is 10.3. The van der Waals surface area contributed by atoms with E-state index in [1.165, 1.54) is 17.4 Å². The van der Waals surface area contributed by atoms with E-state index < -0.39 is 0 Å². The second kappa shape index (κ2) is 5.61. The van der Waals surface area contributed by atoms with Gasteiger partial charge in [-0.1, -0.05) is 18.2 Å². The lowest BCUT2D eigenvalue weighted by molar-refractivity contribution is 0.0951. The summed E-state index contributed by atoms with van der Waals surface area (Å²) in [6.45, 7) is 2.41. The number of pyridine rings is 1. The van der Waals surface area contributed by atoms with Crippen molar-refractivity contribution in [2.24, 2.45) is 0 Å². The molecule has 0 spiro atoms. The van der Waals surface area contributed by atoms with E-state index in [2.05, 4.69) is 10.3 Å². The van der Waals surface area contributed by atoms with Gasteiger partial charge in [-0.15, -0.1) is 11.3 Å². The van der Waals surface area contributed by atoms with Gasteiger partial charge in [0.05, 0.1) is 10.4 Å². The molecule has 0 saturated carbocycles. The highest BCUT2D eigenvalue weighted by atomic mass is 32.1. The summed E-state index contributed by atoms with van der Waals surface area (Å²) in [4.78, 5) is 16.2. The first kappa shape index (κ1) is 13.7. The second-order valence-corrected chi connectivity index (χ2v) is 5.41. The first-order chi connectivity index (χ1) is 10.2. The fourth-order valence-corrected chi connectivity index (χ4v) is 3.15. The molecule has 3 rings (SSSR count). The molecule has 0 aliphatic heterocycles. The monoisotopic (exact) mass is 300 g/mol. The van der Waals surface area contributed by atoms with E-state index in [4.69, 9.17) is 0 Å². The van der Waals surface area contributed by atoms with Gasteiger partial charge in [0.2, 0.25) is 0 Å². The number of amides is 1. The SMILES string of the molecule is CCNC(=O)c1cccc(-c2csc3c(F)cccc23)n1. The van der Waals surface area contributed by atoms with Crippen LogP contribution in [-0.4, -0.2) is 17.4 Å². The van der Waals surface area contributed by atoms with E-state index >= 15 is 0 Å². The Hall–Kier alpha value is -2.27. The van der Waals surface area contributed by atoms with Crippen LogP contribution in [0.3, 0.4) is 0 Å². The Morgan fingerprint density at radius 3 is 2.90 bits per heavy atom. The third-order valence-corrected chi connectivity index (χ3v) is 4.15. The molecule has 1 amide bonds. The third kappa shape index (κ3) is 2.52. The fourth-order valence-electron chi connectivity index (χ4n) is 2.18. The molecule has 0 fully saturated rings. The van der Waals surface area contributed by atoms with Crippen LogP contribution < -0.4 is 5.32 Å². The van der Waals surface area contributed by atoms with Crippen LogP contribution in [0, 0.1) is 5.82 Å². The molecule has 3 aromatic rings. The standard InChI is InChI=1S/C16H13FN2OS/c1-2-18-16(20)14-8-4-7-13(19-14)11-9-21-15-10(11)5-3-6-12(15)17/h3-9H,2H2,1H3,(H,18,20). The van der Waals surface area contributed by atoms with Crippen LogP contribution in [0.5, 0.6) is 0 Å². The van der Waals surface area contributed by atoms with Crippen molar-refractivity contribution in [3.8, 4) is 11.3 Å². The molecule has 0 aliphatic rings. The predicted molar refractivity (Wildman–Crippen MR) is 83.0 cm³/mol. The van der Waals surface area contributed by atoms with Crippen molar-refractivity contribution in [3.05, 3.63) is 53.3 Å². The molecule has 0 radical (unpaired) electrons. The highest BCUT2D eigenvalue weighted by Gasteiger charge is 2.12. The number of carbonyl (C=O) groups excluding carboxylic acids is 1. The average molecular weight is 300 g/mol. The van der Waals surface area contributed by atoms with Crippen molar-refractivity contribution in [2.45, 2.75) is 6.92 Å². The molecule has 5 heteroatoms. The van der Waals surface area contributed by atoms with Crippen LogP contribution in [0.25, 0.3) is 21.3 Å². The van der Waals surface area contributed by atoms with Gasteiger partial charge in [0, 0.05) is 22.9 Å². The van der Waals surface area contributed by atoms with Crippen molar-refractivity contribution < 1.29 is 9.18 Å². The van der Waals surface area contributed by atoms with Gasteiger partial charge in [-0.3, -0.25) is 4.79 Å². The molecular weight excluding hydrogens is 287 g/mol. The number of halogens is 1. The molecular formula is C16H13FN2OS. The van der Waals surface area contributed by atoms with Crippen LogP contribution in [0.4, 0.5) is 4.39 Å². The minimum absolute atomic E-state index is 0.204. The maximum absolute atomic E-state index is 13.7. The number of nitrogens with zero attached hydrogens (tertiary/aromatic N) is 1. The molecule has 0 atom stereocenters. The van der Waals surface area contributed by atoms with Crippen molar-refractivity contribution in [2.75, 3.05) is 6.54 Å². The van der Waals surface area contributed by atoms with Gasteiger partial charge in [0.1, 0.15) is 11.5 Å². The summed E-state index contributed by atoms with van der Waals surface area (Å²) in [5.74, 6) is -0.436. The molecule has 2 heterocycles. The zero-order valence-electron chi connectivity index (χ0n) is 11.4. The number of aromatic nitrogens is 1. The Bertz CT molecular complexity index is 813. The van der Waals surface area contributed by atoms with Crippen LogP contribution in [0.15, 0.2) is 41.8 Å². The molecule has 106 valence electrons. The third-order valence-electron chi connectivity index (χ3n) is 3.15. The lowest BCUT2D eigenvalue weighted by Gasteiger charge is -2.04. The largest absolute Gasteiger partial charge is 0.351 e. The van der Waals surface area contributed by atoms with Gasteiger partial charge in [0.25, 0.3) is 5.91 Å². The quantitative estimate of drug-likeness (QED) is 0.798. The molecule has 21 heavy (non-hydrogen) atoms. The number of rotatable bonds is 3. The van der Waals surface area contributed by atoms with Gasteiger partial charge >= 0.3 is 0 Å². The van der Waals surface area contributed by atoms with Crippen LogP contribution in [-0.2, 0) is 0 Å². The average Bonchev–Trinajstić information content (AvgIpc) is 2.93. The van der Waals surface area contributed by atoms with E-state index in [1.807, 2.05) is 24.4 Å². The van der Waals surface area contributed by atoms with Gasteiger partial charge < -0.3 is 5.32 Å². The summed E-state index contributed by atoms with van der Waals surface area (Å²) in [5.41, 5.74) is 1.89. The molecule has 3 nitrogen and oxygen atoms in total. The van der Waals surface area contributed by atoms with Crippen molar-refractivity contribution >= 4 is 27.3 Å². The van der Waals surface area contributed by atoms with E-state index in [9.17, 15) is 9.18 Å². The minimum atomic E-state index is -0.233. The Morgan fingerprint density at radius 1 is 1.29 bits per heavy atom. The van der Waals surface area contributed by atoms with E-state index in [0.717, 1.165) is 10.9 Å².